The van der Waals surface area contributed by atoms with E-state index in [9.17, 15) is 4.79 Å². The number of fused-ring (bicyclic) bond motifs is 1. The molecule has 3 heterocycles. The van der Waals surface area contributed by atoms with Crippen molar-refractivity contribution in [1.29, 1.82) is 0 Å². The molecule has 0 atom stereocenters. The summed E-state index contributed by atoms with van der Waals surface area (Å²) in [5, 5.41) is 6.95. The van der Waals surface area contributed by atoms with Crippen molar-refractivity contribution in [3.8, 4) is 11.5 Å². The van der Waals surface area contributed by atoms with Crippen LogP contribution < -0.4 is 5.32 Å². The zero-order valence-electron chi connectivity index (χ0n) is 13.5. The number of rotatable bonds is 4. The molecule has 7 nitrogen and oxygen atoms in total. The van der Waals surface area contributed by atoms with Crippen LogP contribution >= 0.6 is 0 Å². The second-order valence-corrected chi connectivity index (χ2v) is 5.59. The Balaban J connectivity index is 1.46. The summed E-state index contributed by atoms with van der Waals surface area (Å²) >= 11 is 0. The highest BCUT2D eigenvalue weighted by Gasteiger charge is 2.11. The zero-order chi connectivity index (χ0) is 17.2. The van der Waals surface area contributed by atoms with Crippen LogP contribution in [0.15, 0.2) is 59.5 Å². The van der Waals surface area contributed by atoms with Crippen molar-refractivity contribution in [3.05, 3.63) is 66.3 Å². The number of carbonyl (C=O) groups is 1. The van der Waals surface area contributed by atoms with Gasteiger partial charge in [-0.1, -0.05) is 18.2 Å². The second-order valence-electron chi connectivity index (χ2n) is 5.59. The van der Waals surface area contributed by atoms with Gasteiger partial charge in [0.05, 0.1) is 29.5 Å². The summed E-state index contributed by atoms with van der Waals surface area (Å²) < 4.78 is 7.15. The van der Waals surface area contributed by atoms with Gasteiger partial charge in [-0.2, -0.15) is 5.10 Å². The molecule has 0 aliphatic heterocycles. The molecule has 1 N–H and O–H groups in total. The SMILES string of the molecule is Cn1ncc2ncc(C(=O)NCc3coc(-c4ccccc4)n3)cc21. The molecule has 0 aliphatic rings. The van der Waals surface area contributed by atoms with E-state index in [-0.39, 0.29) is 12.5 Å². The van der Waals surface area contributed by atoms with Crippen molar-refractivity contribution in [1.82, 2.24) is 25.1 Å². The molecule has 0 radical (unpaired) electrons. The molecule has 1 amide bonds. The monoisotopic (exact) mass is 333 g/mol. The summed E-state index contributed by atoms with van der Waals surface area (Å²) in [7, 11) is 1.81. The Labute approximate surface area is 143 Å². The van der Waals surface area contributed by atoms with Crippen molar-refractivity contribution in [2.24, 2.45) is 7.05 Å². The minimum atomic E-state index is -0.222. The largest absolute Gasteiger partial charge is 0.444 e. The predicted molar refractivity (Wildman–Crippen MR) is 91.6 cm³/mol. The van der Waals surface area contributed by atoms with Crippen molar-refractivity contribution >= 4 is 16.9 Å². The number of oxazole rings is 1. The van der Waals surface area contributed by atoms with Crippen LogP contribution in [-0.4, -0.2) is 25.7 Å². The van der Waals surface area contributed by atoms with E-state index in [2.05, 4.69) is 20.4 Å². The summed E-state index contributed by atoms with van der Waals surface area (Å²) in [6.07, 6.45) is 4.75. The fourth-order valence-electron chi connectivity index (χ4n) is 2.52. The van der Waals surface area contributed by atoms with Gasteiger partial charge in [-0.05, 0) is 18.2 Å². The summed E-state index contributed by atoms with van der Waals surface area (Å²) in [5.74, 6) is 0.308. The lowest BCUT2D eigenvalue weighted by molar-refractivity contribution is 0.0950. The van der Waals surface area contributed by atoms with Gasteiger partial charge in [-0.3, -0.25) is 14.5 Å². The minimum absolute atomic E-state index is 0.222. The molecule has 0 spiro atoms. The fourth-order valence-corrected chi connectivity index (χ4v) is 2.52. The van der Waals surface area contributed by atoms with Crippen molar-refractivity contribution in [2.75, 3.05) is 0 Å². The summed E-state index contributed by atoms with van der Waals surface area (Å²) in [5.41, 5.74) is 3.58. The van der Waals surface area contributed by atoms with E-state index in [4.69, 9.17) is 4.42 Å². The lowest BCUT2D eigenvalue weighted by Gasteiger charge is -2.03. The lowest BCUT2D eigenvalue weighted by atomic mass is 10.2. The number of carbonyl (C=O) groups excluding carboxylic acids is 1. The van der Waals surface area contributed by atoms with Crippen LogP contribution in [-0.2, 0) is 13.6 Å². The van der Waals surface area contributed by atoms with Gasteiger partial charge in [-0.25, -0.2) is 4.98 Å². The van der Waals surface area contributed by atoms with E-state index in [1.54, 1.807) is 23.2 Å². The van der Waals surface area contributed by atoms with E-state index in [0.29, 0.717) is 17.1 Å². The van der Waals surface area contributed by atoms with Crippen molar-refractivity contribution in [2.45, 2.75) is 6.54 Å². The van der Waals surface area contributed by atoms with Crippen molar-refractivity contribution < 1.29 is 9.21 Å². The van der Waals surface area contributed by atoms with E-state index in [1.165, 1.54) is 6.20 Å². The molecule has 7 heteroatoms. The number of benzene rings is 1. The molecule has 0 bridgehead atoms. The van der Waals surface area contributed by atoms with Crippen LogP contribution in [0.4, 0.5) is 0 Å². The average Bonchev–Trinajstić information content (AvgIpc) is 3.27. The van der Waals surface area contributed by atoms with Gasteiger partial charge in [-0.15, -0.1) is 0 Å². The summed E-state index contributed by atoms with van der Waals surface area (Å²) in [6, 6.07) is 11.4. The molecular weight excluding hydrogens is 318 g/mol. The molecular formula is C18H15N5O2. The van der Waals surface area contributed by atoms with Gasteiger partial charge in [0, 0.05) is 18.8 Å². The highest BCUT2D eigenvalue weighted by Crippen LogP contribution is 2.18. The number of aryl methyl sites for hydroxylation is 1. The number of nitrogens with one attached hydrogen (secondary N) is 1. The molecule has 124 valence electrons. The van der Waals surface area contributed by atoms with Gasteiger partial charge >= 0.3 is 0 Å². The van der Waals surface area contributed by atoms with Gasteiger partial charge < -0.3 is 9.73 Å². The molecule has 4 aromatic rings. The Bertz CT molecular complexity index is 1040. The van der Waals surface area contributed by atoms with E-state index in [1.807, 2.05) is 37.4 Å². The smallest absolute Gasteiger partial charge is 0.253 e. The topological polar surface area (TPSA) is 85.8 Å². The summed E-state index contributed by atoms with van der Waals surface area (Å²) in [6.45, 7) is 0.276. The first kappa shape index (κ1) is 15.1. The fraction of sp³-hybridized carbons (Fsp3) is 0.111. The first-order valence-corrected chi connectivity index (χ1v) is 7.76. The first-order chi connectivity index (χ1) is 12.2. The third kappa shape index (κ3) is 2.99. The van der Waals surface area contributed by atoms with Crippen LogP contribution in [0.25, 0.3) is 22.5 Å². The summed E-state index contributed by atoms with van der Waals surface area (Å²) in [4.78, 5) is 21.0. The number of amides is 1. The number of hydrogen-bond donors (Lipinski definition) is 1. The predicted octanol–water partition coefficient (Wildman–Crippen LogP) is 2.55. The Morgan fingerprint density at radius 1 is 1.24 bits per heavy atom. The molecule has 25 heavy (non-hydrogen) atoms. The van der Waals surface area contributed by atoms with Gasteiger partial charge in [0.25, 0.3) is 5.91 Å². The maximum absolute atomic E-state index is 12.3. The Morgan fingerprint density at radius 3 is 2.92 bits per heavy atom. The molecule has 1 aromatic carbocycles. The molecule has 3 aromatic heterocycles. The molecule has 0 fully saturated rings. The van der Waals surface area contributed by atoms with Crippen LogP contribution in [0.2, 0.25) is 0 Å². The standard InChI is InChI=1S/C18H15N5O2/c1-23-16-7-13(8-19-15(16)10-21-23)17(24)20-9-14-11-25-18(22-14)12-5-3-2-4-6-12/h2-8,10-11H,9H2,1H3,(H,20,24). The minimum Gasteiger partial charge on any atom is -0.444 e. The van der Waals surface area contributed by atoms with Gasteiger partial charge in [0.1, 0.15) is 11.8 Å². The average molecular weight is 333 g/mol. The third-order valence-electron chi connectivity index (χ3n) is 3.86. The number of nitrogens with zero attached hydrogens (tertiary/aromatic N) is 4. The molecule has 0 saturated heterocycles. The third-order valence-corrected chi connectivity index (χ3v) is 3.86. The Kier molecular flexibility index (Phi) is 3.74. The first-order valence-electron chi connectivity index (χ1n) is 7.76. The van der Waals surface area contributed by atoms with E-state index in [0.717, 1.165) is 16.6 Å². The maximum atomic E-state index is 12.3. The van der Waals surface area contributed by atoms with E-state index >= 15 is 0 Å². The lowest BCUT2D eigenvalue weighted by Crippen LogP contribution is -2.23. The maximum Gasteiger partial charge on any atom is 0.253 e. The highest BCUT2D eigenvalue weighted by atomic mass is 16.3. The van der Waals surface area contributed by atoms with Crippen LogP contribution in [0, 0.1) is 0 Å². The number of aromatic nitrogens is 4. The van der Waals surface area contributed by atoms with Gasteiger partial charge in [0.15, 0.2) is 0 Å². The molecule has 0 saturated carbocycles. The molecule has 0 unspecified atom stereocenters. The van der Waals surface area contributed by atoms with Crippen LogP contribution in [0.5, 0.6) is 0 Å². The van der Waals surface area contributed by atoms with Crippen molar-refractivity contribution in [3.63, 3.8) is 0 Å². The van der Waals surface area contributed by atoms with E-state index < -0.39 is 0 Å². The quantitative estimate of drug-likeness (QED) is 0.620. The Hall–Kier alpha value is -3.48. The van der Waals surface area contributed by atoms with Gasteiger partial charge in [0.2, 0.25) is 5.89 Å². The normalized spacial score (nSPS) is 10.9. The van der Waals surface area contributed by atoms with Crippen LogP contribution in [0.3, 0.4) is 0 Å². The number of pyridine rings is 1. The Morgan fingerprint density at radius 2 is 2.08 bits per heavy atom. The zero-order valence-corrected chi connectivity index (χ0v) is 13.5. The number of hydrogen-bond acceptors (Lipinski definition) is 5. The molecule has 0 aliphatic carbocycles. The second kappa shape index (κ2) is 6.20. The van der Waals surface area contributed by atoms with Crippen LogP contribution in [0.1, 0.15) is 16.1 Å². The highest BCUT2D eigenvalue weighted by molar-refractivity contribution is 5.96. The molecule has 4 rings (SSSR count).